The number of carbonyl (C=O) groups is 3. The highest BCUT2D eigenvalue weighted by Crippen LogP contribution is 2.32. The molecule has 3 amide bonds. The summed E-state index contributed by atoms with van der Waals surface area (Å²) in [4.78, 5) is 40.1. The molecular weight excluding hydrogens is 442 g/mol. The Balaban J connectivity index is 1.62. The normalized spacial score (nSPS) is 15.7. The van der Waals surface area contributed by atoms with Gasteiger partial charge in [0.05, 0.1) is 18.7 Å². The van der Waals surface area contributed by atoms with Crippen molar-refractivity contribution in [2.45, 2.75) is 32.7 Å². The van der Waals surface area contributed by atoms with Gasteiger partial charge in [-0.1, -0.05) is 55.8 Å². The minimum absolute atomic E-state index is 0.244. The van der Waals surface area contributed by atoms with Gasteiger partial charge < -0.3 is 15.4 Å². The minimum Gasteiger partial charge on any atom is -0.466 e. The quantitative estimate of drug-likeness (QED) is 0.451. The molecule has 0 aliphatic carbocycles. The third-order valence-corrected chi connectivity index (χ3v) is 6.23. The molecule has 0 aromatic heterocycles. The van der Waals surface area contributed by atoms with Crippen molar-refractivity contribution < 1.29 is 19.1 Å². The molecule has 35 heavy (non-hydrogen) atoms. The van der Waals surface area contributed by atoms with Crippen molar-refractivity contribution in [3.63, 3.8) is 0 Å². The maximum Gasteiger partial charge on any atom is 0.337 e. The number of methoxy groups -OCH3 is 1. The van der Waals surface area contributed by atoms with Gasteiger partial charge in [-0.05, 0) is 53.9 Å². The van der Waals surface area contributed by atoms with Gasteiger partial charge in [-0.2, -0.15) is 0 Å². The van der Waals surface area contributed by atoms with Crippen LogP contribution in [0, 0.1) is 0 Å². The lowest BCUT2D eigenvalue weighted by molar-refractivity contribution is -0.136. The molecule has 1 atom stereocenters. The van der Waals surface area contributed by atoms with Gasteiger partial charge in [-0.3, -0.25) is 9.69 Å². The number of benzene rings is 3. The molecule has 7 heteroatoms. The number of allylic oxidation sites excluding steroid dienone is 1. The van der Waals surface area contributed by atoms with Crippen LogP contribution in [0.5, 0.6) is 0 Å². The lowest BCUT2D eigenvalue weighted by Crippen LogP contribution is -2.48. The monoisotopic (exact) mass is 471 g/mol. The van der Waals surface area contributed by atoms with Gasteiger partial charge in [-0.25, -0.2) is 9.59 Å². The highest BCUT2D eigenvalue weighted by molar-refractivity contribution is 6.06. The molecule has 3 aromatic rings. The third kappa shape index (κ3) is 5.04. The Kier molecular flexibility index (Phi) is 7.15. The standard InChI is InChI=1S/C28H29N3O4/c1-4-5-15-31-18(2)24(27(33)35-3)25(30-28(31)34)21-11-8-12-23(17-21)29-26(32)22-14-13-19-9-6-7-10-20(19)16-22/h6-14,16-17,25H,4-5,15H2,1-3H3,(H,29,32)(H,30,34). The molecule has 0 fully saturated rings. The number of rotatable bonds is 7. The lowest BCUT2D eigenvalue weighted by atomic mass is 9.94. The van der Waals surface area contributed by atoms with Crippen molar-refractivity contribution >= 4 is 34.4 Å². The van der Waals surface area contributed by atoms with E-state index in [4.69, 9.17) is 4.74 Å². The lowest BCUT2D eigenvalue weighted by Gasteiger charge is -2.35. The Morgan fingerprint density at radius 3 is 2.54 bits per heavy atom. The van der Waals surface area contributed by atoms with Crippen LogP contribution < -0.4 is 10.6 Å². The fourth-order valence-electron chi connectivity index (χ4n) is 4.32. The van der Waals surface area contributed by atoms with Crippen LogP contribution in [0.3, 0.4) is 0 Å². The Labute approximate surface area is 204 Å². The fourth-order valence-corrected chi connectivity index (χ4v) is 4.32. The highest BCUT2D eigenvalue weighted by atomic mass is 16.5. The summed E-state index contributed by atoms with van der Waals surface area (Å²) >= 11 is 0. The van der Waals surface area contributed by atoms with Crippen LogP contribution in [0.2, 0.25) is 0 Å². The van der Waals surface area contributed by atoms with Crippen molar-refractivity contribution in [2.75, 3.05) is 19.0 Å². The maximum atomic E-state index is 12.9. The molecule has 1 unspecified atom stereocenters. The Hall–Kier alpha value is -4.13. The van der Waals surface area contributed by atoms with E-state index in [9.17, 15) is 14.4 Å². The van der Waals surface area contributed by atoms with Gasteiger partial charge in [0.25, 0.3) is 5.91 Å². The predicted octanol–water partition coefficient (Wildman–Crippen LogP) is 5.41. The van der Waals surface area contributed by atoms with Crippen LogP contribution >= 0.6 is 0 Å². The molecule has 3 aromatic carbocycles. The second kappa shape index (κ2) is 10.4. The zero-order valence-corrected chi connectivity index (χ0v) is 20.1. The summed E-state index contributed by atoms with van der Waals surface area (Å²) in [6.45, 7) is 4.32. The number of amides is 3. The van der Waals surface area contributed by atoms with Crippen LogP contribution in [0.15, 0.2) is 78.0 Å². The number of unbranched alkanes of at least 4 members (excludes halogenated alkanes) is 1. The molecule has 2 N–H and O–H groups in total. The summed E-state index contributed by atoms with van der Waals surface area (Å²) in [5.74, 6) is -0.745. The van der Waals surface area contributed by atoms with Gasteiger partial charge >= 0.3 is 12.0 Å². The van der Waals surface area contributed by atoms with Crippen LogP contribution in [0.1, 0.15) is 48.7 Å². The average Bonchev–Trinajstić information content (AvgIpc) is 2.87. The first-order chi connectivity index (χ1) is 16.9. The Morgan fingerprint density at radius 2 is 1.80 bits per heavy atom. The molecular formula is C28H29N3O4. The Morgan fingerprint density at radius 1 is 1.03 bits per heavy atom. The van der Waals surface area contributed by atoms with E-state index < -0.39 is 12.0 Å². The minimum atomic E-state index is -0.689. The first-order valence-electron chi connectivity index (χ1n) is 11.7. The van der Waals surface area contributed by atoms with Crippen LogP contribution in [-0.4, -0.2) is 36.5 Å². The van der Waals surface area contributed by atoms with E-state index in [2.05, 4.69) is 10.6 Å². The molecule has 1 aliphatic rings. The van der Waals surface area contributed by atoms with E-state index in [1.165, 1.54) is 7.11 Å². The number of hydrogen-bond donors (Lipinski definition) is 2. The van der Waals surface area contributed by atoms with E-state index in [-0.39, 0.29) is 11.9 Å². The number of anilines is 1. The molecule has 0 spiro atoms. The summed E-state index contributed by atoms with van der Waals surface area (Å²) in [5, 5.41) is 7.90. The molecule has 0 bridgehead atoms. The maximum absolute atomic E-state index is 12.9. The van der Waals surface area contributed by atoms with Crippen LogP contribution in [0.25, 0.3) is 10.8 Å². The van der Waals surface area contributed by atoms with Crippen LogP contribution in [0.4, 0.5) is 10.5 Å². The number of nitrogens with zero attached hydrogens (tertiary/aromatic N) is 1. The molecule has 4 rings (SSSR count). The summed E-state index contributed by atoms with van der Waals surface area (Å²) < 4.78 is 5.04. The number of hydrogen-bond acceptors (Lipinski definition) is 4. The van der Waals surface area contributed by atoms with Gasteiger partial charge in [-0.15, -0.1) is 0 Å². The summed E-state index contributed by atoms with van der Waals surface area (Å²) in [6.07, 6.45) is 1.74. The molecule has 1 heterocycles. The summed E-state index contributed by atoms with van der Waals surface area (Å²) in [6, 6.07) is 19.6. The Bertz CT molecular complexity index is 1310. The number of fused-ring (bicyclic) bond motifs is 1. The first kappa shape index (κ1) is 24.0. The van der Waals surface area contributed by atoms with E-state index in [1.807, 2.05) is 49.4 Å². The van der Waals surface area contributed by atoms with Crippen LogP contribution in [-0.2, 0) is 9.53 Å². The summed E-state index contributed by atoms with van der Waals surface area (Å²) in [7, 11) is 1.33. The number of urea groups is 1. The highest BCUT2D eigenvalue weighted by Gasteiger charge is 2.36. The predicted molar refractivity (Wildman–Crippen MR) is 136 cm³/mol. The zero-order chi connectivity index (χ0) is 24.9. The van der Waals surface area contributed by atoms with Gasteiger partial charge in [0.2, 0.25) is 0 Å². The largest absolute Gasteiger partial charge is 0.466 e. The van der Waals surface area contributed by atoms with E-state index in [0.717, 1.165) is 23.6 Å². The van der Waals surface area contributed by atoms with Gasteiger partial charge in [0, 0.05) is 23.5 Å². The van der Waals surface area contributed by atoms with E-state index in [1.54, 1.807) is 36.1 Å². The number of nitrogens with one attached hydrogen (secondary N) is 2. The second-order valence-corrected chi connectivity index (χ2v) is 8.52. The first-order valence-corrected chi connectivity index (χ1v) is 11.7. The summed E-state index contributed by atoms with van der Waals surface area (Å²) in [5.41, 5.74) is 2.72. The topological polar surface area (TPSA) is 87.7 Å². The molecule has 1 aliphatic heterocycles. The molecule has 0 saturated heterocycles. The van der Waals surface area contributed by atoms with Crippen molar-refractivity contribution in [3.8, 4) is 0 Å². The zero-order valence-electron chi connectivity index (χ0n) is 20.1. The average molecular weight is 472 g/mol. The smallest absolute Gasteiger partial charge is 0.337 e. The van der Waals surface area contributed by atoms with Crippen molar-refractivity contribution in [3.05, 3.63) is 89.1 Å². The number of ether oxygens (including phenoxy) is 1. The SMILES string of the molecule is CCCCN1C(=O)NC(c2cccc(NC(=O)c3ccc4ccccc4c3)c2)C(C(=O)OC)=C1C. The van der Waals surface area contributed by atoms with Crippen molar-refractivity contribution in [1.82, 2.24) is 10.2 Å². The number of carbonyl (C=O) groups excluding carboxylic acids is 3. The van der Waals surface area contributed by atoms with E-state index >= 15 is 0 Å². The third-order valence-electron chi connectivity index (χ3n) is 6.23. The van der Waals surface area contributed by atoms with Gasteiger partial charge in [0.1, 0.15) is 0 Å². The van der Waals surface area contributed by atoms with Crippen molar-refractivity contribution in [1.29, 1.82) is 0 Å². The second-order valence-electron chi connectivity index (χ2n) is 8.52. The van der Waals surface area contributed by atoms with E-state index in [0.29, 0.717) is 34.6 Å². The molecule has 180 valence electrons. The van der Waals surface area contributed by atoms with Crippen molar-refractivity contribution in [2.24, 2.45) is 0 Å². The van der Waals surface area contributed by atoms with Gasteiger partial charge in [0.15, 0.2) is 0 Å². The number of esters is 1. The molecule has 0 saturated carbocycles. The fraction of sp³-hybridized carbons (Fsp3) is 0.250. The molecule has 7 nitrogen and oxygen atoms in total. The molecule has 0 radical (unpaired) electrons.